The normalized spacial score (nSPS) is 12.5. The van der Waals surface area contributed by atoms with Crippen LogP contribution in [0.3, 0.4) is 0 Å². The summed E-state index contributed by atoms with van der Waals surface area (Å²) in [6.07, 6.45) is 0. The van der Waals surface area contributed by atoms with Crippen LogP contribution in [0.25, 0.3) is 10.8 Å². The van der Waals surface area contributed by atoms with Crippen LogP contribution in [-0.4, -0.2) is 12.6 Å². The molecule has 0 aliphatic rings. The van der Waals surface area contributed by atoms with Gasteiger partial charge in [-0.05, 0) is 29.8 Å². The molecule has 0 aliphatic heterocycles. The molecule has 3 aromatic rings. The Morgan fingerprint density at radius 1 is 1.14 bits per heavy atom. The second-order valence-corrected chi connectivity index (χ2v) is 6.68. The zero-order chi connectivity index (χ0) is 15.4. The van der Waals surface area contributed by atoms with E-state index >= 15 is 0 Å². The minimum atomic E-state index is 0.254. The molecule has 0 saturated carbocycles. The number of ether oxygens (including phenoxy) is 1. The van der Waals surface area contributed by atoms with Gasteiger partial charge in [0.1, 0.15) is 12.4 Å². The van der Waals surface area contributed by atoms with Gasteiger partial charge in [-0.2, -0.15) is 0 Å². The molecule has 22 heavy (non-hydrogen) atoms. The Bertz CT molecular complexity index is 742. The fourth-order valence-electron chi connectivity index (χ4n) is 2.29. The van der Waals surface area contributed by atoms with Crippen molar-refractivity contribution in [3.8, 4) is 5.75 Å². The highest BCUT2D eigenvalue weighted by molar-refractivity contribution is 7.09. The van der Waals surface area contributed by atoms with E-state index < -0.39 is 0 Å². The fourth-order valence-corrected chi connectivity index (χ4v) is 3.23. The van der Waals surface area contributed by atoms with Crippen molar-refractivity contribution in [2.75, 3.05) is 6.61 Å². The number of benzene rings is 2. The number of hydrogen-bond donors (Lipinski definition) is 1. The summed E-state index contributed by atoms with van der Waals surface area (Å²) < 4.78 is 5.89. The maximum Gasteiger partial charge on any atom is 0.138 e. The minimum absolute atomic E-state index is 0.254. The smallest absolute Gasteiger partial charge is 0.138 e. The van der Waals surface area contributed by atoms with Gasteiger partial charge < -0.3 is 10.1 Å². The SMILES string of the molecule is CC(COc1ccc2ccccc2c1Cl)NCc1cccs1. The van der Waals surface area contributed by atoms with Crippen molar-refractivity contribution in [3.05, 3.63) is 63.8 Å². The van der Waals surface area contributed by atoms with Crippen LogP contribution in [0.5, 0.6) is 5.75 Å². The summed E-state index contributed by atoms with van der Waals surface area (Å²) in [5, 5.41) is 8.39. The van der Waals surface area contributed by atoms with Gasteiger partial charge >= 0.3 is 0 Å². The molecule has 1 atom stereocenters. The van der Waals surface area contributed by atoms with Crippen molar-refractivity contribution in [1.29, 1.82) is 0 Å². The van der Waals surface area contributed by atoms with E-state index in [4.69, 9.17) is 16.3 Å². The van der Waals surface area contributed by atoms with E-state index in [1.165, 1.54) is 4.88 Å². The first kappa shape index (κ1) is 15.3. The van der Waals surface area contributed by atoms with Crippen molar-refractivity contribution in [2.24, 2.45) is 0 Å². The van der Waals surface area contributed by atoms with Crippen LogP contribution >= 0.6 is 22.9 Å². The molecular weight excluding hydrogens is 314 g/mol. The Hall–Kier alpha value is -1.55. The van der Waals surface area contributed by atoms with Crippen LogP contribution in [0.15, 0.2) is 53.9 Å². The molecule has 0 fully saturated rings. The molecule has 0 aliphatic carbocycles. The number of rotatable bonds is 6. The third-order valence-corrected chi connectivity index (χ3v) is 4.79. The number of nitrogens with one attached hydrogen (secondary N) is 1. The molecule has 0 bridgehead atoms. The van der Waals surface area contributed by atoms with Crippen molar-refractivity contribution < 1.29 is 4.74 Å². The fraction of sp³-hybridized carbons (Fsp3) is 0.222. The Morgan fingerprint density at radius 3 is 2.82 bits per heavy atom. The molecular formula is C18H18ClNOS. The van der Waals surface area contributed by atoms with Gasteiger partial charge in [-0.1, -0.05) is 48.0 Å². The summed E-state index contributed by atoms with van der Waals surface area (Å²) in [7, 11) is 0. The van der Waals surface area contributed by atoms with E-state index in [2.05, 4.69) is 35.8 Å². The van der Waals surface area contributed by atoms with E-state index in [1.54, 1.807) is 11.3 Å². The zero-order valence-electron chi connectivity index (χ0n) is 12.4. The lowest BCUT2D eigenvalue weighted by molar-refractivity contribution is 0.273. The van der Waals surface area contributed by atoms with E-state index in [0.29, 0.717) is 11.6 Å². The van der Waals surface area contributed by atoms with Crippen molar-refractivity contribution >= 4 is 33.7 Å². The van der Waals surface area contributed by atoms with Gasteiger partial charge in [0, 0.05) is 22.8 Å². The molecule has 0 spiro atoms. The van der Waals surface area contributed by atoms with Crippen LogP contribution in [0.2, 0.25) is 5.02 Å². The summed E-state index contributed by atoms with van der Waals surface area (Å²) in [5.74, 6) is 0.741. The lowest BCUT2D eigenvalue weighted by Gasteiger charge is -2.16. The van der Waals surface area contributed by atoms with Gasteiger partial charge in [0.25, 0.3) is 0 Å². The van der Waals surface area contributed by atoms with Gasteiger partial charge in [-0.25, -0.2) is 0 Å². The number of hydrogen-bond acceptors (Lipinski definition) is 3. The average molecular weight is 332 g/mol. The Labute approximate surface area is 139 Å². The second-order valence-electron chi connectivity index (χ2n) is 5.27. The molecule has 2 nitrogen and oxygen atoms in total. The quantitative estimate of drug-likeness (QED) is 0.677. The van der Waals surface area contributed by atoms with Crippen LogP contribution in [0.4, 0.5) is 0 Å². The molecule has 1 N–H and O–H groups in total. The molecule has 4 heteroatoms. The molecule has 1 aromatic heterocycles. The highest BCUT2D eigenvalue weighted by Crippen LogP contribution is 2.32. The molecule has 0 amide bonds. The summed E-state index contributed by atoms with van der Waals surface area (Å²) in [5.41, 5.74) is 0. The Kier molecular flexibility index (Phi) is 4.98. The number of thiophene rings is 1. The van der Waals surface area contributed by atoms with E-state index in [0.717, 1.165) is 23.1 Å². The summed E-state index contributed by atoms with van der Waals surface area (Å²) in [6.45, 7) is 3.57. The van der Waals surface area contributed by atoms with Gasteiger partial charge in [-0.3, -0.25) is 0 Å². The van der Waals surface area contributed by atoms with Crippen LogP contribution in [-0.2, 0) is 6.54 Å². The highest BCUT2D eigenvalue weighted by Gasteiger charge is 2.08. The second kappa shape index (κ2) is 7.14. The van der Waals surface area contributed by atoms with Crippen molar-refractivity contribution in [3.63, 3.8) is 0 Å². The third kappa shape index (κ3) is 3.61. The summed E-state index contributed by atoms with van der Waals surface area (Å²) in [4.78, 5) is 1.33. The summed E-state index contributed by atoms with van der Waals surface area (Å²) in [6, 6.07) is 16.5. The molecule has 0 saturated heterocycles. The van der Waals surface area contributed by atoms with E-state index in [-0.39, 0.29) is 6.04 Å². The van der Waals surface area contributed by atoms with Crippen LogP contribution in [0.1, 0.15) is 11.8 Å². The zero-order valence-corrected chi connectivity index (χ0v) is 14.0. The maximum absolute atomic E-state index is 6.44. The van der Waals surface area contributed by atoms with Crippen LogP contribution in [0, 0.1) is 0 Å². The predicted octanol–water partition coefficient (Wildman–Crippen LogP) is 5.11. The first-order valence-corrected chi connectivity index (χ1v) is 8.55. The Balaban J connectivity index is 1.60. The van der Waals surface area contributed by atoms with Gasteiger partial charge in [0.15, 0.2) is 0 Å². The maximum atomic E-state index is 6.44. The van der Waals surface area contributed by atoms with E-state index in [1.807, 2.05) is 30.3 Å². The molecule has 2 aromatic carbocycles. The number of halogens is 1. The Morgan fingerprint density at radius 2 is 2.00 bits per heavy atom. The first-order valence-electron chi connectivity index (χ1n) is 7.30. The molecule has 1 heterocycles. The van der Waals surface area contributed by atoms with Crippen molar-refractivity contribution in [2.45, 2.75) is 19.5 Å². The largest absolute Gasteiger partial charge is 0.490 e. The van der Waals surface area contributed by atoms with Gasteiger partial charge in [0.2, 0.25) is 0 Å². The average Bonchev–Trinajstić information content (AvgIpc) is 3.06. The van der Waals surface area contributed by atoms with Crippen LogP contribution < -0.4 is 10.1 Å². The predicted molar refractivity (Wildman–Crippen MR) is 95.1 cm³/mol. The molecule has 114 valence electrons. The number of fused-ring (bicyclic) bond motifs is 1. The summed E-state index contributed by atoms with van der Waals surface area (Å²) >= 11 is 8.20. The molecule has 0 radical (unpaired) electrons. The van der Waals surface area contributed by atoms with Gasteiger partial charge in [0.05, 0.1) is 5.02 Å². The standard InChI is InChI=1S/C18H18ClNOS/c1-13(20-11-15-6-4-10-22-15)12-21-17-9-8-14-5-2-3-7-16(14)18(17)19/h2-10,13,20H,11-12H2,1H3. The first-order chi connectivity index (χ1) is 10.7. The van der Waals surface area contributed by atoms with Gasteiger partial charge in [-0.15, -0.1) is 11.3 Å². The third-order valence-electron chi connectivity index (χ3n) is 3.52. The lowest BCUT2D eigenvalue weighted by atomic mass is 10.1. The van der Waals surface area contributed by atoms with Crippen molar-refractivity contribution in [1.82, 2.24) is 5.32 Å². The minimum Gasteiger partial charge on any atom is -0.490 e. The monoisotopic (exact) mass is 331 g/mol. The van der Waals surface area contributed by atoms with E-state index in [9.17, 15) is 0 Å². The topological polar surface area (TPSA) is 21.3 Å². The lowest BCUT2D eigenvalue weighted by Crippen LogP contribution is -2.31. The molecule has 3 rings (SSSR count). The highest BCUT2D eigenvalue weighted by atomic mass is 35.5. The molecule has 1 unspecified atom stereocenters.